The van der Waals surface area contributed by atoms with Gasteiger partial charge in [0.25, 0.3) is 0 Å². The van der Waals surface area contributed by atoms with Gasteiger partial charge in [0.15, 0.2) is 0 Å². The van der Waals surface area contributed by atoms with Gasteiger partial charge in [-0.05, 0) is 29.4 Å². The first kappa shape index (κ1) is 16.0. The summed E-state index contributed by atoms with van der Waals surface area (Å²) in [6.45, 7) is 10.6. The highest BCUT2D eigenvalue weighted by Gasteiger charge is 2.22. The van der Waals surface area contributed by atoms with Gasteiger partial charge >= 0.3 is 0 Å². The third-order valence-corrected chi connectivity index (χ3v) is 4.25. The summed E-state index contributed by atoms with van der Waals surface area (Å²) in [6, 6.07) is 8.47. The summed E-state index contributed by atoms with van der Waals surface area (Å²) in [7, 11) is 0. The van der Waals surface area contributed by atoms with Crippen molar-refractivity contribution in [3.05, 3.63) is 35.4 Å². The lowest BCUT2D eigenvalue weighted by Crippen LogP contribution is -2.38. The first-order valence-electron chi connectivity index (χ1n) is 8.14. The highest BCUT2D eigenvalue weighted by molar-refractivity contribution is 5.75. The molecule has 0 aromatic heterocycles. The number of nitrogens with zero attached hydrogens (tertiary/aromatic N) is 1. The van der Waals surface area contributed by atoms with Crippen molar-refractivity contribution in [1.29, 1.82) is 0 Å². The number of likely N-dealkylation sites (tertiary alicyclic amines) is 1. The standard InChI is InChI=1S/C18H28N2O/c1-4-18(21)19-10-16-7-5-6-8-17(16)13-20-11-14(2)9-15(3)12-20/h5-8,14-15H,4,9-13H2,1-3H3,(H,19,21)/t14-,15-/m0/s1. The number of amides is 1. The van der Waals surface area contributed by atoms with Crippen LogP contribution >= 0.6 is 0 Å². The van der Waals surface area contributed by atoms with Crippen molar-refractivity contribution in [3.8, 4) is 0 Å². The second-order valence-corrected chi connectivity index (χ2v) is 6.54. The first-order valence-corrected chi connectivity index (χ1v) is 8.14. The average Bonchev–Trinajstić information content (AvgIpc) is 2.45. The van der Waals surface area contributed by atoms with Crippen LogP contribution in [0.25, 0.3) is 0 Å². The van der Waals surface area contributed by atoms with E-state index in [1.165, 1.54) is 30.6 Å². The van der Waals surface area contributed by atoms with E-state index < -0.39 is 0 Å². The van der Waals surface area contributed by atoms with Gasteiger partial charge in [-0.3, -0.25) is 9.69 Å². The minimum absolute atomic E-state index is 0.116. The molecule has 2 rings (SSSR count). The molecule has 2 atom stereocenters. The predicted octanol–water partition coefficient (Wildman–Crippen LogP) is 3.19. The fourth-order valence-corrected chi connectivity index (χ4v) is 3.37. The van der Waals surface area contributed by atoms with Gasteiger partial charge in [-0.2, -0.15) is 0 Å². The lowest BCUT2D eigenvalue weighted by atomic mass is 9.91. The van der Waals surface area contributed by atoms with E-state index in [9.17, 15) is 4.79 Å². The SMILES string of the molecule is CCC(=O)NCc1ccccc1CN1C[C@@H](C)C[C@H](C)C1. The Morgan fingerprint density at radius 2 is 1.81 bits per heavy atom. The predicted molar refractivity (Wildman–Crippen MR) is 86.8 cm³/mol. The van der Waals surface area contributed by atoms with Crippen molar-refractivity contribution in [2.75, 3.05) is 13.1 Å². The molecule has 1 N–H and O–H groups in total. The van der Waals surface area contributed by atoms with E-state index >= 15 is 0 Å². The number of carbonyl (C=O) groups excluding carboxylic acids is 1. The Labute approximate surface area is 128 Å². The minimum Gasteiger partial charge on any atom is -0.352 e. The van der Waals surface area contributed by atoms with Gasteiger partial charge in [0.1, 0.15) is 0 Å². The molecule has 3 heteroatoms. The largest absolute Gasteiger partial charge is 0.352 e. The third-order valence-electron chi connectivity index (χ3n) is 4.25. The molecular formula is C18H28N2O. The number of nitrogens with one attached hydrogen (secondary N) is 1. The maximum atomic E-state index is 11.5. The lowest BCUT2D eigenvalue weighted by molar-refractivity contribution is -0.120. The van der Waals surface area contributed by atoms with E-state index in [0.29, 0.717) is 13.0 Å². The Balaban J connectivity index is 2.00. The van der Waals surface area contributed by atoms with Crippen LogP contribution in [0.2, 0.25) is 0 Å². The fourth-order valence-electron chi connectivity index (χ4n) is 3.37. The molecule has 3 nitrogen and oxygen atoms in total. The Hall–Kier alpha value is -1.35. The number of rotatable bonds is 5. The van der Waals surface area contributed by atoms with Crippen LogP contribution in [0.4, 0.5) is 0 Å². The number of hydrogen-bond donors (Lipinski definition) is 1. The van der Waals surface area contributed by atoms with E-state index in [2.05, 4.69) is 48.3 Å². The smallest absolute Gasteiger partial charge is 0.219 e. The van der Waals surface area contributed by atoms with Crippen LogP contribution < -0.4 is 5.32 Å². The van der Waals surface area contributed by atoms with E-state index in [1.54, 1.807) is 0 Å². The van der Waals surface area contributed by atoms with E-state index in [0.717, 1.165) is 18.4 Å². The summed E-state index contributed by atoms with van der Waals surface area (Å²) in [4.78, 5) is 14.0. The fraction of sp³-hybridized carbons (Fsp3) is 0.611. The van der Waals surface area contributed by atoms with E-state index in [1.807, 2.05) is 6.92 Å². The molecule has 1 fully saturated rings. The zero-order chi connectivity index (χ0) is 15.2. The van der Waals surface area contributed by atoms with Crippen molar-refractivity contribution in [2.24, 2.45) is 11.8 Å². The molecule has 1 heterocycles. The molecule has 0 aliphatic carbocycles. The zero-order valence-electron chi connectivity index (χ0n) is 13.6. The highest BCUT2D eigenvalue weighted by Crippen LogP contribution is 2.23. The summed E-state index contributed by atoms with van der Waals surface area (Å²) in [5.41, 5.74) is 2.58. The molecule has 1 amide bonds. The molecule has 21 heavy (non-hydrogen) atoms. The molecule has 0 bridgehead atoms. The van der Waals surface area contributed by atoms with Crippen molar-refractivity contribution < 1.29 is 4.79 Å². The summed E-state index contributed by atoms with van der Waals surface area (Å²) < 4.78 is 0. The lowest BCUT2D eigenvalue weighted by Gasteiger charge is -2.35. The van der Waals surface area contributed by atoms with E-state index in [-0.39, 0.29) is 5.91 Å². The molecule has 1 aliphatic heterocycles. The van der Waals surface area contributed by atoms with Crippen molar-refractivity contribution in [1.82, 2.24) is 10.2 Å². The monoisotopic (exact) mass is 288 g/mol. The van der Waals surface area contributed by atoms with E-state index in [4.69, 9.17) is 0 Å². The normalized spacial score (nSPS) is 23.0. The Morgan fingerprint density at radius 1 is 1.19 bits per heavy atom. The van der Waals surface area contributed by atoms with Crippen LogP contribution in [0.1, 0.15) is 44.7 Å². The van der Waals surface area contributed by atoms with Gasteiger partial charge in [-0.25, -0.2) is 0 Å². The Bertz CT molecular complexity index is 462. The van der Waals surface area contributed by atoms with Crippen LogP contribution in [0.3, 0.4) is 0 Å². The molecule has 1 aromatic rings. The van der Waals surface area contributed by atoms with Crippen molar-refractivity contribution >= 4 is 5.91 Å². The Morgan fingerprint density at radius 3 is 2.43 bits per heavy atom. The van der Waals surface area contributed by atoms with Gasteiger partial charge in [0, 0.05) is 32.6 Å². The third kappa shape index (κ3) is 4.85. The number of benzene rings is 1. The van der Waals surface area contributed by atoms with Crippen molar-refractivity contribution in [3.63, 3.8) is 0 Å². The van der Waals surface area contributed by atoms with Crippen LogP contribution in [0.15, 0.2) is 24.3 Å². The first-order chi connectivity index (χ1) is 10.1. The van der Waals surface area contributed by atoms with Gasteiger partial charge in [0.2, 0.25) is 5.91 Å². The molecule has 116 valence electrons. The molecule has 0 spiro atoms. The average molecular weight is 288 g/mol. The maximum Gasteiger partial charge on any atom is 0.219 e. The molecule has 1 aliphatic rings. The van der Waals surface area contributed by atoms with Crippen LogP contribution in [0.5, 0.6) is 0 Å². The summed E-state index contributed by atoms with van der Waals surface area (Å²) in [5.74, 6) is 1.67. The molecule has 0 unspecified atom stereocenters. The topological polar surface area (TPSA) is 32.3 Å². The molecule has 0 radical (unpaired) electrons. The number of carbonyl (C=O) groups is 1. The van der Waals surface area contributed by atoms with Gasteiger partial charge < -0.3 is 5.32 Å². The molecule has 1 saturated heterocycles. The Kier molecular flexibility index (Phi) is 5.80. The van der Waals surface area contributed by atoms with Gasteiger partial charge in [-0.15, -0.1) is 0 Å². The summed E-state index contributed by atoms with van der Waals surface area (Å²) >= 11 is 0. The van der Waals surface area contributed by atoms with Crippen LogP contribution in [-0.4, -0.2) is 23.9 Å². The maximum absolute atomic E-state index is 11.5. The van der Waals surface area contributed by atoms with Gasteiger partial charge in [0.05, 0.1) is 0 Å². The summed E-state index contributed by atoms with van der Waals surface area (Å²) in [5, 5.41) is 2.99. The minimum atomic E-state index is 0.116. The molecule has 1 aromatic carbocycles. The summed E-state index contributed by atoms with van der Waals surface area (Å²) in [6.07, 6.45) is 1.88. The molecular weight excluding hydrogens is 260 g/mol. The quantitative estimate of drug-likeness (QED) is 0.902. The number of hydrogen-bond acceptors (Lipinski definition) is 2. The van der Waals surface area contributed by atoms with Crippen LogP contribution in [-0.2, 0) is 17.9 Å². The second-order valence-electron chi connectivity index (χ2n) is 6.54. The second kappa shape index (κ2) is 7.60. The zero-order valence-corrected chi connectivity index (χ0v) is 13.6. The van der Waals surface area contributed by atoms with Gasteiger partial charge in [-0.1, -0.05) is 45.0 Å². The molecule has 0 saturated carbocycles. The number of piperidine rings is 1. The highest BCUT2D eigenvalue weighted by atomic mass is 16.1. The van der Waals surface area contributed by atoms with Crippen molar-refractivity contribution in [2.45, 2.75) is 46.7 Å². The van der Waals surface area contributed by atoms with Crippen LogP contribution in [0, 0.1) is 11.8 Å².